The minimum absolute atomic E-state index is 0.115. The van der Waals surface area contributed by atoms with Gasteiger partial charge in [0.05, 0.1) is 0 Å². The first kappa shape index (κ1) is 14.4. The number of aromatic amines is 1. The molecule has 120 valence electrons. The van der Waals surface area contributed by atoms with Crippen molar-refractivity contribution in [1.29, 1.82) is 0 Å². The van der Waals surface area contributed by atoms with E-state index < -0.39 is 0 Å². The summed E-state index contributed by atoms with van der Waals surface area (Å²) in [5.41, 5.74) is 1.84. The molecule has 2 fully saturated rings. The topological polar surface area (TPSA) is 65.1 Å². The summed E-state index contributed by atoms with van der Waals surface area (Å²) in [4.78, 5) is 21.4. The Morgan fingerprint density at radius 1 is 1.35 bits per heavy atom. The van der Waals surface area contributed by atoms with Crippen LogP contribution >= 0.6 is 0 Å². The predicted molar refractivity (Wildman–Crippen MR) is 86.8 cm³/mol. The highest BCUT2D eigenvalue weighted by atomic mass is 16.2. The molecule has 3 heterocycles. The summed E-state index contributed by atoms with van der Waals surface area (Å²) < 4.78 is 0. The van der Waals surface area contributed by atoms with E-state index >= 15 is 0 Å². The van der Waals surface area contributed by atoms with Gasteiger partial charge >= 0.3 is 0 Å². The molecule has 23 heavy (non-hydrogen) atoms. The van der Waals surface area contributed by atoms with Gasteiger partial charge in [-0.3, -0.25) is 9.89 Å². The molecule has 0 spiro atoms. The number of carbonyl (C=O) groups excluding carboxylic acids is 1. The van der Waals surface area contributed by atoms with Crippen molar-refractivity contribution in [1.82, 2.24) is 25.0 Å². The van der Waals surface area contributed by atoms with Crippen molar-refractivity contribution in [2.24, 2.45) is 11.3 Å². The second kappa shape index (κ2) is 5.16. The Morgan fingerprint density at radius 2 is 2.22 bits per heavy atom. The number of nitrogens with one attached hydrogen (secondary N) is 1. The average molecular weight is 311 g/mol. The molecule has 0 saturated carbocycles. The highest BCUT2D eigenvalue weighted by Crippen LogP contribution is 2.41. The van der Waals surface area contributed by atoms with Gasteiger partial charge in [0, 0.05) is 42.7 Å². The van der Waals surface area contributed by atoms with E-state index in [4.69, 9.17) is 0 Å². The molecule has 2 atom stereocenters. The van der Waals surface area contributed by atoms with E-state index in [9.17, 15) is 4.79 Å². The van der Waals surface area contributed by atoms with Crippen LogP contribution in [0.3, 0.4) is 0 Å². The van der Waals surface area contributed by atoms with Gasteiger partial charge in [0.15, 0.2) is 5.82 Å². The molecular weight excluding hydrogens is 290 g/mol. The first-order chi connectivity index (χ1) is 11.0. The number of hydrogen-bond donors (Lipinski definition) is 1. The first-order valence-electron chi connectivity index (χ1n) is 7.99. The zero-order valence-corrected chi connectivity index (χ0v) is 13.5. The van der Waals surface area contributed by atoms with Crippen molar-refractivity contribution >= 4 is 5.91 Å². The molecule has 6 heteroatoms. The molecule has 2 saturated heterocycles. The number of nitrogens with zero attached hydrogens (tertiary/aromatic N) is 4. The smallest absolute Gasteiger partial charge is 0.253 e. The van der Waals surface area contributed by atoms with E-state index in [1.165, 1.54) is 6.33 Å². The summed E-state index contributed by atoms with van der Waals surface area (Å²) in [5.74, 6) is 1.38. The number of carbonyl (C=O) groups is 1. The Kier molecular flexibility index (Phi) is 3.23. The van der Waals surface area contributed by atoms with Crippen LogP contribution in [-0.4, -0.2) is 64.1 Å². The molecular formula is C17H21N5O. The number of aromatic nitrogens is 3. The molecule has 1 aromatic heterocycles. The van der Waals surface area contributed by atoms with Crippen LogP contribution in [0.1, 0.15) is 17.3 Å². The maximum atomic E-state index is 12.9. The Labute approximate surface area is 135 Å². The Bertz CT molecular complexity index is 728. The van der Waals surface area contributed by atoms with Crippen LogP contribution in [0.5, 0.6) is 0 Å². The van der Waals surface area contributed by atoms with Crippen molar-refractivity contribution < 1.29 is 4.79 Å². The number of H-pyrrole nitrogens is 1. The predicted octanol–water partition coefficient (Wildman–Crippen LogP) is 1.50. The SMILES string of the molecule is CN1C[C@@H]2CN(C(=O)c3cccc(-c4ncn[nH]4)c3)C[C@]2(C)C1. The summed E-state index contributed by atoms with van der Waals surface area (Å²) in [7, 11) is 2.16. The van der Waals surface area contributed by atoms with Crippen LogP contribution in [-0.2, 0) is 0 Å². The molecule has 0 unspecified atom stereocenters. The van der Waals surface area contributed by atoms with Gasteiger partial charge in [-0.15, -0.1) is 0 Å². The van der Waals surface area contributed by atoms with E-state index in [1.54, 1.807) is 0 Å². The molecule has 0 aliphatic carbocycles. The number of amides is 1. The summed E-state index contributed by atoms with van der Waals surface area (Å²) in [6.45, 7) is 6.15. The van der Waals surface area contributed by atoms with E-state index in [0.29, 0.717) is 11.7 Å². The standard InChI is InChI=1S/C17H21N5O/c1-17-9-21(2)7-14(17)8-22(10-17)16(23)13-5-3-4-12(6-13)15-18-11-19-20-15/h3-6,11,14H,7-10H2,1-2H3,(H,18,19,20)/t14-,17+/m1/s1. The summed E-state index contributed by atoms with van der Waals surface area (Å²) in [5, 5.41) is 6.71. The minimum Gasteiger partial charge on any atom is -0.338 e. The van der Waals surface area contributed by atoms with Gasteiger partial charge in [-0.1, -0.05) is 19.1 Å². The van der Waals surface area contributed by atoms with Crippen LogP contribution in [0.4, 0.5) is 0 Å². The monoisotopic (exact) mass is 311 g/mol. The molecule has 1 aromatic carbocycles. The molecule has 2 aliphatic rings. The highest BCUT2D eigenvalue weighted by Gasteiger charge is 2.49. The van der Waals surface area contributed by atoms with Crippen LogP contribution in [0.15, 0.2) is 30.6 Å². The van der Waals surface area contributed by atoms with Crippen LogP contribution in [0, 0.1) is 11.3 Å². The fraction of sp³-hybridized carbons (Fsp3) is 0.471. The average Bonchev–Trinajstić information content (AvgIpc) is 3.20. The van der Waals surface area contributed by atoms with Gasteiger partial charge in [-0.05, 0) is 25.1 Å². The van der Waals surface area contributed by atoms with Gasteiger partial charge in [0.2, 0.25) is 0 Å². The molecule has 0 radical (unpaired) electrons. The van der Waals surface area contributed by atoms with Crippen molar-refractivity contribution in [3.63, 3.8) is 0 Å². The third-order valence-electron chi connectivity index (χ3n) is 5.23. The van der Waals surface area contributed by atoms with Gasteiger partial charge in [0.1, 0.15) is 6.33 Å². The lowest BCUT2D eigenvalue weighted by Crippen LogP contribution is -2.34. The first-order valence-corrected chi connectivity index (χ1v) is 7.99. The third kappa shape index (κ3) is 2.43. The van der Waals surface area contributed by atoms with Gasteiger partial charge in [-0.2, -0.15) is 5.10 Å². The van der Waals surface area contributed by atoms with Crippen LogP contribution in [0.2, 0.25) is 0 Å². The lowest BCUT2D eigenvalue weighted by atomic mass is 9.83. The lowest BCUT2D eigenvalue weighted by molar-refractivity contribution is 0.0765. The van der Waals surface area contributed by atoms with Crippen molar-refractivity contribution in [3.8, 4) is 11.4 Å². The van der Waals surface area contributed by atoms with Gasteiger partial charge in [-0.25, -0.2) is 4.98 Å². The number of fused-ring (bicyclic) bond motifs is 1. The molecule has 1 N–H and O–H groups in total. The number of benzene rings is 1. The van der Waals surface area contributed by atoms with E-state index in [1.807, 2.05) is 29.2 Å². The zero-order chi connectivity index (χ0) is 16.0. The van der Waals surface area contributed by atoms with E-state index in [0.717, 1.165) is 37.3 Å². The summed E-state index contributed by atoms with van der Waals surface area (Å²) >= 11 is 0. The number of hydrogen-bond acceptors (Lipinski definition) is 4. The molecule has 4 rings (SSSR count). The third-order valence-corrected chi connectivity index (χ3v) is 5.23. The zero-order valence-electron chi connectivity index (χ0n) is 13.5. The normalized spacial score (nSPS) is 27.4. The van der Waals surface area contributed by atoms with Crippen molar-refractivity contribution in [3.05, 3.63) is 36.2 Å². The maximum absolute atomic E-state index is 12.9. The Balaban J connectivity index is 1.56. The Morgan fingerprint density at radius 3 is 2.96 bits per heavy atom. The van der Waals surface area contributed by atoms with Crippen molar-refractivity contribution in [2.45, 2.75) is 6.92 Å². The quantitative estimate of drug-likeness (QED) is 0.913. The molecule has 6 nitrogen and oxygen atoms in total. The molecule has 1 amide bonds. The van der Waals surface area contributed by atoms with Crippen LogP contribution in [0.25, 0.3) is 11.4 Å². The minimum atomic E-state index is 0.115. The second-order valence-corrected chi connectivity index (χ2v) is 7.15. The van der Waals surface area contributed by atoms with E-state index in [-0.39, 0.29) is 11.3 Å². The summed E-state index contributed by atoms with van der Waals surface area (Å²) in [6.07, 6.45) is 1.48. The molecule has 2 aromatic rings. The Hall–Kier alpha value is -2.21. The van der Waals surface area contributed by atoms with Crippen LogP contribution < -0.4 is 0 Å². The lowest BCUT2D eigenvalue weighted by Gasteiger charge is -2.24. The van der Waals surface area contributed by atoms with E-state index in [2.05, 4.69) is 34.1 Å². The molecule has 0 bridgehead atoms. The maximum Gasteiger partial charge on any atom is 0.253 e. The fourth-order valence-electron chi connectivity index (χ4n) is 4.11. The number of rotatable bonds is 2. The van der Waals surface area contributed by atoms with Gasteiger partial charge < -0.3 is 9.80 Å². The molecule has 2 aliphatic heterocycles. The van der Waals surface area contributed by atoms with Gasteiger partial charge in [0.25, 0.3) is 5.91 Å². The highest BCUT2D eigenvalue weighted by molar-refractivity contribution is 5.95. The van der Waals surface area contributed by atoms with Crippen molar-refractivity contribution in [2.75, 3.05) is 33.2 Å². The largest absolute Gasteiger partial charge is 0.338 e. The number of likely N-dealkylation sites (tertiary alicyclic amines) is 2. The summed E-state index contributed by atoms with van der Waals surface area (Å²) in [6, 6.07) is 7.61. The second-order valence-electron chi connectivity index (χ2n) is 7.15. The fourth-order valence-corrected chi connectivity index (χ4v) is 4.11.